The van der Waals surface area contributed by atoms with E-state index >= 15 is 0 Å². The number of benzene rings is 2. The van der Waals surface area contributed by atoms with Crippen molar-refractivity contribution in [2.45, 2.75) is 31.9 Å². The van der Waals surface area contributed by atoms with Gasteiger partial charge in [-0.2, -0.15) is 0 Å². The second-order valence-corrected chi connectivity index (χ2v) is 6.74. The molecule has 150 valence electrons. The Hall–Kier alpha value is -2.57. The summed E-state index contributed by atoms with van der Waals surface area (Å²) in [5.74, 6) is -0.200. The molecule has 1 atom stereocenters. The van der Waals surface area contributed by atoms with Crippen LogP contribution in [0.2, 0.25) is 0 Å². The number of hydrogen-bond donors (Lipinski definition) is 3. The molecule has 0 saturated carbocycles. The van der Waals surface area contributed by atoms with Crippen molar-refractivity contribution in [2.75, 3.05) is 18.9 Å². The van der Waals surface area contributed by atoms with Gasteiger partial charge in [0, 0.05) is 30.9 Å². The van der Waals surface area contributed by atoms with Crippen molar-refractivity contribution in [1.29, 1.82) is 0 Å². The zero-order chi connectivity index (χ0) is 19.1. The SMILES string of the molecule is Cl.Nc1ccc(CC(=O)NCc2cccc(C(=O)NCC3CCCO3)c2)cc1. The average molecular weight is 404 g/mol. The molecule has 1 aliphatic heterocycles. The van der Waals surface area contributed by atoms with Crippen LogP contribution in [0, 0.1) is 0 Å². The van der Waals surface area contributed by atoms with Crippen LogP contribution in [0.5, 0.6) is 0 Å². The molecule has 2 amide bonds. The smallest absolute Gasteiger partial charge is 0.251 e. The highest BCUT2D eigenvalue weighted by Crippen LogP contribution is 2.11. The summed E-state index contributed by atoms with van der Waals surface area (Å²) in [5.41, 5.74) is 8.69. The number of amides is 2. The van der Waals surface area contributed by atoms with E-state index in [9.17, 15) is 9.59 Å². The molecule has 3 rings (SSSR count). The van der Waals surface area contributed by atoms with Gasteiger partial charge in [-0.3, -0.25) is 9.59 Å². The molecule has 0 aliphatic carbocycles. The van der Waals surface area contributed by atoms with Crippen molar-refractivity contribution in [3.05, 3.63) is 65.2 Å². The first kappa shape index (κ1) is 21.7. The highest BCUT2D eigenvalue weighted by Gasteiger charge is 2.16. The van der Waals surface area contributed by atoms with Crippen molar-refractivity contribution in [3.8, 4) is 0 Å². The quantitative estimate of drug-likeness (QED) is 0.619. The molecule has 0 radical (unpaired) electrons. The van der Waals surface area contributed by atoms with Gasteiger partial charge in [0.15, 0.2) is 0 Å². The average Bonchev–Trinajstić information content (AvgIpc) is 3.20. The van der Waals surface area contributed by atoms with Crippen LogP contribution >= 0.6 is 12.4 Å². The molecule has 0 spiro atoms. The van der Waals surface area contributed by atoms with Crippen LogP contribution in [0.4, 0.5) is 5.69 Å². The van der Waals surface area contributed by atoms with Crippen molar-refractivity contribution >= 4 is 29.9 Å². The zero-order valence-corrected chi connectivity index (χ0v) is 16.5. The predicted octanol–water partition coefficient (Wildman–Crippen LogP) is 2.46. The van der Waals surface area contributed by atoms with E-state index in [0.29, 0.717) is 30.8 Å². The van der Waals surface area contributed by atoms with Crippen molar-refractivity contribution < 1.29 is 14.3 Å². The first-order chi connectivity index (χ1) is 13.1. The van der Waals surface area contributed by atoms with Crippen LogP contribution < -0.4 is 16.4 Å². The molecular weight excluding hydrogens is 378 g/mol. The second-order valence-electron chi connectivity index (χ2n) is 6.74. The lowest BCUT2D eigenvalue weighted by Crippen LogP contribution is -2.31. The van der Waals surface area contributed by atoms with Crippen molar-refractivity contribution in [2.24, 2.45) is 0 Å². The second kappa shape index (κ2) is 10.7. The number of nitrogens with one attached hydrogen (secondary N) is 2. The first-order valence-electron chi connectivity index (χ1n) is 9.20. The molecule has 28 heavy (non-hydrogen) atoms. The molecule has 1 unspecified atom stereocenters. The number of anilines is 1. The molecule has 1 aliphatic rings. The van der Waals surface area contributed by atoms with Gasteiger partial charge in [-0.1, -0.05) is 24.3 Å². The standard InChI is InChI=1S/C21H25N3O3.ClH/c22-18-8-6-15(7-9-18)12-20(25)23-13-16-3-1-4-17(11-16)21(26)24-14-19-5-2-10-27-19;/h1,3-4,6-9,11,19H,2,5,10,12-14,22H2,(H,23,25)(H,24,26);1H. The van der Waals surface area contributed by atoms with Crippen LogP contribution in [-0.4, -0.2) is 31.1 Å². The monoisotopic (exact) mass is 403 g/mol. The van der Waals surface area contributed by atoms with Crippen LogP contribution in [0.1, 0.15) is 34.3 Å². The van der Waals surface area contributed by atoms with E-state index in [0.717, 1.165) is 30.6 Å². The normalized spacial score (nSPS) is 15.5. The summed E-state index contributed by atoms with van der Waals surface area (Å²) in [4.78, 5) is 24.4. The van der Waals surface area contributed by atoms with Gasteiger partial charge in [-0.25, -0.2) is 0 Å². The summed E-state index contributed by atoms with van der Waals surface area (Å²) in [7, 11) is 0. The molecule has 0 aromatic heterocycles. The van der Waals surface area contributed by atoms with E-state index in [1.807, 2.05) is 24.3 Å². The highest BCUT2D eigenvalue weighted by atomic mass is 35.5. The maximum Gasteiger partial charge on any atom is 0.251 e. The Morgan fingerprint density at radius 1 is 1.07 bits per heavy atom. The lowest BCUT2D eigenvalue weighted by Gasteiger charge is -2.11. The fourth-order valence-corrected chi connectivity index (χ4v) is 3.02. The lowest BCUT2D eigenvalue weighted by atomic mass is 10.1. The van der Waals surface area contributed by atoms with Gasteiger partial charge < -0.3 is 21.1 Å². The fourth-order valence-electron chi connectivity index (χ4n) is 3.02. The Balaban J connectivity index is 0.00000280. The third-order valence-corrected chi connectivity index (χ3v) is 4.54. The van der Waals surface area contributed by atoms with Crippen LogP contribution in [0.3, 0.4) is 0 Å². The minimum Gasteiger partial charge on any atom is -0.399 e. The highest BCUT2D eigenvalue weighted by molar-refractivity contribution is 5.94. The number of hydrogen-bond acceptors (Lipinski definition) is 4. The third-order valence-electron chi connectivity index (χ3n) is 4.54. The molecular formula is C21H26ClN3O3. The predicted molar refractivity (Wildman–Crippen MR) is 111 cm³/mol. The molecule has 1 fully saturated rings. The Morgan fingerprint density at radius 2 is 1.86 bits per heavy atom. The Kier molecular flexibility index (Phi) is 8.29. The van der Waals surface area contributed by atoms with Gasteiger partial charge >= 0.3 is 0 Å². The Morgan fingerprint density at radius 3 is 2.57 bits per heavy atom. The van der Waals surface area contributed by atoms with Gasteiger partial charge in [0.2, 0.25) is 5.91 Å². The number of carbonyl (C=O) groups excluding carboxylic acids is 2. The van der Waals surface area contributed by atoms with Gasteiger partial charge in [-0.05, 0) is 48.2 Å². The molecule has 2 aromatic carbocycles. The number of carbonyl (C=O) groups is 2. The summed E-state index contributed by atoms with van der Waals surface area (Å²) >= 11 is 0. The summed E-state index contributed by atoms with van der Waals surface area (Å²) in [5, 5.41) is 5.79. The van der Waals surface area contributed by atoms with Crippen molar-refractivity contribution in [3.63, 3.8) is 0 Å². The minimum atomic E-state index is -0.124. The topological polar surface area (TPSA) is 93.5 Å². The van der Waals surface area contributed by atoms with E-state index in [4.69, 9.17) is 10.5 Å². The maximum absolute atomic E-state index is 12.3. The summed E-state index contributed by atoms with van der Waals surface area (Å²) in [6.07, 6.45) is 2.44. The van der Waals surface area contributed by atoms with Gasteiger partial charge in [-0.15, -0.1) is 12.4 Å². The molecule has 1 heterocycles. The fraction of sp³-hybridized carbons (Fsp3) is 0.333. The van der Waals surface area contributed by atoms with Gasteiger partial charge in [0.1, 0.15) is 0 Å². The van der Waals surface area contributed by atoms with Gasteiger partial charge in [0.25, 0.3) is 5.91 Å². The molecule has 6 nitrogen and oxygen atoms in total. The third kappa shape index (κ3) is 6.55. The largest absolute Gasteiger partial charge is 0.399 e. The van der Waals surface area contributed by atoms with E-state index in [1.165, 1.54) is 0 Å². The number of rotatable bonds is 7. The molecule has 4 N–H and O–H groups in total. The molecule has 1 saturated heterocycles. The molecule has 7 heteroatoms. The molecule has 2 aromatic rings. The number of ether oxygens (including phenoxy) is 1. The number of nitrogen functional groups attached to an aromatic ring is 1. The van der Waals surface area contributed by atoms with E-state index < -0.39 is 0 Å². The van der Waals surface area contributed by atoms with E-state index in [2.05, 4.69) is 10.6 Å². The van der Waals surface area contributed by atoms with Crippen LogP contribution in [0.25, 0.3) is 0 Å². The number of nitrogens with two attached hydrogens (primary N) is 1. The Bertz CT molecular complexity index is 790. The zero-order valence-electron chi connectivity index (χ0n) is 15.6. The van der Waals surface area contributed by atoms with E-state index in [-0.39, 0.29) is 30.3 Å². The first-order valence-corrected chi connectivity index (χ1v) is 9.20. The number of halogens is 1. The summed E-state index contributed by atoms with van der Waals surface area (Å²) in [6, 6.07) is 14.5. The van der Waals surface area contributed by atoms with Crippen LogP contribution in [-0.2, 0) is 22.5 Å². The van der Waals surface area contributed by atoms with E-state index in [1.54, 1.807) is 24.3 Å². The lowest BCUT2D eigenvalue weighted by molar-refractivity contribution is -0.120. The summed E-state index contributed by atoms with van der Waals surface area (Å²) < 4.78 is 5.51. The van der Waals surface area contributed by atoms with Gasteiger partial charge in [0.05, 0.1) is 12.5 Å². The van der Waals surface area contributed by atoms with Crippen LogP contribution in [0.15, 0.2) is 48.5 Å². The Labute approximate surface area is 171 Å². The minimum absolute atomic E-state index is 0. The maximum atomic E-state index is 12.3. The summed E-state index contributed by atoms with van der Waals surface area (Å²) in [6.45, 7) is 1.67. The van der Waals surface area contributed by atoms with Crippen molar-refractivity contribution in [1.82, 2.24) is 10.6 Å². The molecule has 0 bridgehead atoms.